The number of aliphatic hydroxyl groups excluding tert-OH is 1. The van der Waals surface area contributed by atoms with Crippen LogP contribution < -0.4 is 31.6 Å². The van der Waals surface area contributed by atoms with Crippen LogP contribution in [0.4, 0.5) is 16.4 Å². The maximum absolute atomic E-state index is 14.0. The minimum absolute atomic E-state index is 0.0202. The standard InChI is InChI=1S/C56H68N12O18P2S2/c1-31(2)46(62-41(69)12-6-5-9-21-67-44(71)17-18-45(67)72)52(75)60-32(3)51(74)61-37-15-13-33(14-16-37)26-80-56(77)66(4)25-35-11-8-7-10-34(35)23-42(70)63-55-64-50-47(53(76)65-55)59-30-68(50)54-49-48(73)40(84-54)28-82-87(78,89)85-39-24-38(83-43-19-20-57-29-58-43)22-36(39)27-81-88(79,90)86-49/h7-8,10-11,13-20,29-32,36,38-40,46,48-49,54,73H,5-6,9,12,21-28H2,1-4H3,(H,60,75)(H,61,74)(H,62,69)(H,78,89)(H,79,90)(H2,63,64,65,70,76)/t32-,36+,38+,39-,40+,46-,48+,49+,54+,87+,88?/m0/s1. The molecule has 11 atom stereocenters. The SMILES string of the molecule is CC(C)[C@H](NC(=O)CCCCCN1C(=O)C=CC1=O)C(=O)N[C@@H](C)C(=O)Nc1ccc(COC(=O)N(C)Cc2ccccc2CC(=O)Nc2nc3c(ncn3[C@@H]3O[C@@H]4CO[P@@](=O)(S)O[C@H]5C[C@H](Oc6ccncn6)C[C@@H]5COP(=O)(S)O[C@@H]3[C@@H]4O)c(=O)[nH]2)cc1. The summed E-state index contributed by atoms with van der Waals surface area (Å²) in [6.45, 7) is -4.21. The Kier molecular flexibility index (Phi) is 22.1. The number of carbonyl (C=O) groups excluding carboxylic acids is 7. The molecule has 30 nitrogen and oxygen atoms in total. The molecule has 5 aromatic rings. The monoisotopic (exact) mass is 1320 g/mol. The van der Waals surface area contributed by atoms with Crippen molar-refractivity contribution in [2.24, 2.45) is 11.8 Å². The molecule has 9 rings (SSSR count). The third kappa shape index (κ3) is 17.6. The molecule has 6 N–H and O–H groups in total. The molecule has 0 spiro atoms. The molecule has 1 unspecified atom stereocenters. The van der Waals surface area contributed by atoms with Gasteiger partial charge in [0.25, 0.3) is 17.4 Å². The van der Waals surface area contributed by atoms with Crippen LogP contribution in [0.3, 0.4) is 0 Å². The van der Waals surface area contributed by atoms with E-state index in [0.717, 1.165) is 11.2 Å². The van der Waals surface area contributed by atoms with Crippen LogP contribution in [0.2, 0.25) is 0 Å². The smallest absolute Gasteiger partial charge is 0.410 e. The number of rotatable bonds is 22. The molecule has 7 amide bonds. The number of hydrogen-bond acceptors (Lipinski definition) is 22. The largest absolute Gasteiger partial charge is 0.474 e. The molecule has 0 radical (unpaired) electrons. The van der Waals surface area contributed by atoms with E-state index in [0.29, 0.717) is 47.5 Å². The van der Waals surface area contributed by atoms with E-state index >= 15 is 0 Å². The first-order valence-electron chi connectivity index (χ1n) is 28.7. The number of unbranched alkanes of at least 4 members (excludes halogenated alkanes) is 2. The van der Waals surface area contributed by atoms with E-state index in [9.17, 15) is 52.6 Å². The van der Waals surface area contributed by atoms with Gasteiger partial charge in [0.05, 0.1) is 32.1 Å². The number of hydrogen-bond donors (Lipinski definition) is 8. The van der Waals surface area contributed by atoms with Crippen LogP contribution in [0.1, 0.15) is 82.2 Å². The second-order valence-corrected chi connectivity index (χ2v) is 27.9. The molecular weight excluding hydrogens is 1250 g/mol. The maximum Gasteiger partial charge on any atom is 0.410 e. The molecule has 1 saturated carbocycles. The van der Waals surface area contributed by atoms with Gasteiger partial charge in [-0.05, 0) is 60.9 Å². The van der Waals surface area contributed by atoms with Gasteiger partial charge in [0.15, 0.2) is 17.4 Å². The third-order valence-corrected chi connectivity index (χ3v) is 18.3. The van der Waals surface area contributed by atoms with Crippen molar-refractivity contribution in [1.29, 1.82) is 0 Å². The summed E-state index contributed by atoms with van der Waals surface area (Å²) >= 11 is 8.42. The summed E-state index contributed by atoms with van der Waals surface area (Å²) < 4.78 is 69.7. The Bertz CT molecular complexity index is 3640. The third-order valence-electron chi connectivity index (χ3n) is 15.1. The average Bonchev–Trinajstić information content (AvgIpc) is 1.62. The Morgan fingerprint density at radius 2 is 1.57 bits per heavy atom. The van der Waals surface area contributed by atoms with Gasteiger partial charge in [-0.2, -0.15) is 4.98 Å². The van der Waals surface area contributed by atoms with Crippen molar-refractivity contribution in [3.8, 4) is 5.88 Å². The second-order valence-electron chi connectivity index (χ2n) is 22.1. The molecule has 482 valence electrons. The average molecular weight is 1320 g/mol. The van der Waals surface area contributed by atoms with Gasteiger partial charge in [0.2, 0.25) is 35.5 Å². The van der Waals surface area contributed by atoms with E-state index in [1.807, 2.05) is 0 Å². The molecule has 90 heavy (non-hydrogen) atoms. The predicted molar refractivity (Wildman–Crippen MR) is 326 cm³/mol. The van der Waals surface area contributed by atoms with Crippen molar-refractivity contribution < 1.29 is 80.1 Å². The quantitative estimate of drug-likeness (QED) is 0.0197. The predicted octanol–water partition coefficient (Wildman–Crippen LogP) is 4.94. The number of aromatic amines is 1. The Balaban J connectivity index is 0.748. The number of nitrogens with one attached hydrogen (secondary N) is 5. The first kappa shape index (κ1) is 67.0. The van der Waals surface area contributed by atoms with E-state index in [1.54, 1.807) is 68.4 Å². The van der Waals surface area contributed by atoms with Gasteiger partial charge in [0.1, 0.15) is 49.4 Å². The van der Waals surface area contributed by atoms with Gasteiger partial charge in [-0.1, -0.05) is 81.2 Å². The highest BCUT2D eigenvalue weighted by molar-refractivity contribution is 8.44. The highest BCUT2D eigenvalue weighted by Crippen LogP contribution is 2.60. The molecule has 6 heterocycles. The Labute approximate surface area is 525 Å². The van der Waals surface area contributed by atoms with Gasteiger partial charge in [-0.15, -0.1) is 0 Å². The van der Waals surface area contributed by atoms with Crippen molar-refractivity contribution in [3.63, 3.8) is 0 Å². The summed E-state index contributed by atoms with van der Waals surface area (Å²) in [6.07, 6.45) is 0.451. The molecule has 3 aliphatic heterocycles. The van der Waals surface area contributed by atoms with Crippen LogP contribution in [0, 0.1) is 11.8 Å². The van der Waals surface area contributed by atoms with Gasteiger partial charge < -0.3 is 44.7 Å². The van der Waals surface area contributed by atoms with Gasteiger partial charge in [-0.25, -0.2) is 28.9 Å². The number of aromatic nitrogens is 6. The first-order valence-corrected chi connectivity index (χ1v) is 34.1. The number of benzene rings is 2. The summed E-state index contributed by atoms with van der Waals surface area (Å²) in [7, 11) is 1.51. The fourth-order valence-electron chi connectivity index (χ4n) is 10.3. The number of thiol groups is 2. The number of nitrogens with zero attached hydrogens (tertiary/aromatic N) is 7. The van der Waals surface area contributed by atoms with E-state index in [2.05, 4.69) is 70.7 Å². The molecule has 1 aliphatic carbocycles. The number of amides is 7. The van der Waals surface area contributed by atoms with Gasteiger partial charge in [-0.3, -0.25) is 66.9 Å². The molecule has 34 heteroatoms. The zero-order valence-corrected chi connectivity index (χ0v) is 52.7. The zero-order valence-electron chi connectivity index (χ0n) is 49.1. The van der Waals surface area contributed by atoms with Crippen LogP contribution >= 0.6 is 38.1 Å². The number of H-pyrrole nitrogens is 1. The summed E-state index contributed by atoms with van der Waals surface area (Å²) in [5.41, 5.74) is 0.949. The lowest BCUT2D eigenvalue weighted by Crippen LogP contribution is -2.53. The van der Waals surface area contributed by atoms with Gasteiger partial charge in [0, 0.05) is 69.0 Å². The van der Waals surface area contributed by atoms with Crippen molar-refractivity contribution in [1.82, 2.24) is 49.9 Å². The van der Waals surface area contributed by atoms with E-state index in [4.69, 9.17) is 32.3 Å². The Morgan fingerprint density at radius 1 is 0.844 bits per heavy atom. The number of carbonyl (C=O) groups is 7. The lowest BCUT2D eigenvalue weighted by Gasteiger charge is -2.26. The molecule has 3 fully saturated rings. The van der Waals surface area contributed by atoms with E-state index in [-0.39, 0.29) is 92.7 Å². The van der Waals surface area contributed by atoms with E-state index < -0.39 is 104 Å². The molecule has 3 aromatic heterocycles. The van der Waals surface area contributed by atoms with Gasteiger partial charge >= 0.3 is 19.7 Å². The number of imidazole rings is 1. The molecule has 2 aromatic carbocycles. The van der Waals surface area contributed by atoms with Crippen LogP contribution in [0.15, 0.2) is 90.4 Å². The van der Waals surface area contributed by atoms with Crippen molar-refractivity contribution >= 4 is 102 Å². The number of fused-ring (bicyclic) bond motifs is 4. The molecule has 2 bridgehead atoms. The van der Waals surface area contributed by atoms with E-state index in [1.165, 1.54) is 48.1 Å². The normalized spacial score (nSPS) is 24.9. The summed E-state index contributed by atoms with van der Waals surface area (Å²) in [4.78, 5) is 125. The fourth-order valence-corrected chi connectivity index (χ4v) is 13.4. The molecule has 4 aliphatic rings. The van der Waals surface area contributed by atoms with Crippen molar-refractivity contribution in [2.45, 2.75) is 128 Å². The number of aliphatic hydroxyl groups is 1. The lowest BCUT2D eigenvalue weighted by molar-refractivity contribution is -0.137. The van der Waals surface area contributed by atoms with Crippen molar-refractivity contribution in [2.75, 3.05) is 37.4 Å². The fraction of sp³-hybridized carbons (Fsp3) is 0.464. The summed E-state index contributed by atoms with van der Waals surface area (Å²) in [5, 5.41) is 22.3. The topological polar surface area (TPSA) is 382 Å². The summed E-state index contributed by atoms with van der Waals surface area (Å²) in [5.74, 6) is -3.64. The Morgan fingerprint density at radius 3 is 2.29 bits per heavy atom. The first-order chi connectivity index (χ1) is 42.9. The zero-order chi connectivity index (χ0) is 64.4. The summed E-state index contributed by atoms with van der Waals surface area (Å²) in [6, 6.07) is 13.0. The van der Waals surface area contributed by atoms with Crippen LogP contribution in [-0.4, -0.2) is 155 Å². The minimum Gasteiger partial charge on any atom is -0.474 e. The van der Waals surface area contributed by atoms with Crippen molar-refractivity contribution in [3.05, 3.63) is 113 Å². The molecular formula is C56H68N12O18P2S2. The minimum atomic E-state index is -4.37. The number of imide groups is 1. The highest BCUT2D eigenvalue weighted by Gasteiger charge is 2.51. The Hall–Kier alpha value is -7.38. The van der Waals surface area contributed by atoms with Crippen LogP contribution in [0.5, 0.6) is 5.88 Å². The number of anilines is 2. The lowest BCUT2D eigenvalue weighted by atomic mass is 10.0. The number of ether oxygens (including phenoxy) is 3. The van der Waals surface area contributed by atoms with Crippen LogP contribution in [-0.2, 0) is 85.0 Å². The van der Waals surface area contributed by atoms with Crippen LogP contribution in [0.25, 0.3) is 11.2 Å². The highest BCUT2D eigenvalue weighted by atomic mass is 32.7. The second kappa shape index (κ2) is 29.7. The molecule has 2 saturated heterocycles. The maximum atomic E-state index is 14.0.